The highest BCUT2D eigenvalue weighted by molar-refractivity contribution is 6.32. The van der Waals surface area contributed by atoms with Gasteiger partial charge in [-0.1, -0.05) is 17.7 Å². The van der Waals surface area contributed by atoms with E-state index in [4.69, 9.17) is 21.3 Å². The van der Waals surface area contributed by atoms with Crippen LogP contribution in [0, 0.1) is 5.92 Å². The molecule has 2 aromatic carbocycles. The van der Waals surface area contributed by atoms with Crippen molar-refractivity contribution in [2.75, 3.05) is 45.7 Å². The molecule has 1 saturated heterocycles. The van der Waals surface area contributed by atoms with Crippen LogP contribution >= 0.6 is 11.6 Å². The lowest BCUT2D eigenvalue weighted by Crippen LogP contribution is -2.38. The van der Waals surface area contributed by atoms with Crippen molar-refractivity contribution in [3.63, 3.8) is 0 Å². The number of aromatic hydroxyl groups is 1. The first-order valence-electron chi connectivity index (χ1n) is 12.2. The zero-order valence-corrected chi connectivity index (χ0v) is 21.3. The Balaban J connectivity index is 1.62. The molecule has 6 nitrogen and oxygen atoms in total. The second-order valence-electron chi connectivity index (χ2n) is 10.2. The maximum atomic E-state index is 12.2. The molecule has 0 amide bonds. The summed E-state index contributed by atoms with van der Waals surface area (Å²) >= 11 is 6.29. The molecule has 2 heterocycles. The first-order chi connectivity index (χ1) is 16.8. The summed E-state index contributed by atoms with van der Waals surface area (Å²) in [4.78, 5) is 21.6. The fraction of sp³-hybridized carbons (Fsp3) is 0.429. The van der Waals surface area contributed by atoms with Crippen molar-refractivity contribution in [1.82, 2.24) is 9.88 Å². The number of benzene rings is 2. The number of phenols is 1. The fourth-order valence-electron chi connectivity index (χ4n) is 5.40. The molecule has 1 saturated carbocycles. The highest BCUT2D eigenvalue weighted by Crippen LogP contribution is 2.51. The topological polar surface area (TPSA) is 65.9 Å². The molecule has 3 aromatic rings. The number of aldehydes is 1. The van der Waals surface area contributed by atoms with E-state index >= 15 is 0 Å². The van der Waals surface area contributed by atoms with Crippen LogP contribution in [-0.2, 0) is 10.2 Å². The van der Waals surface area contributed by atoms with Gasteiger partial charge < -0.3 is 24.4 Å². The molecule has 0 unspecified atom stereocenters. The van der Waals surface area contributed by atoms with Gasteiger partial charge in [0.25, 0.3) is 0 Å². The third-order valence-corrected chi connectivity index (χ3v) is 7.81. The number of carbonyl (C=O) groups excluding carboxylic acids is 1. The van der Waals surface area contributed by atoms with Gasteiger partial charge in [0.15, 0.2) is 11.5 Å². The Morgan fingerprint density at radius 1 is 1.20 bits per heavy atom. The van der Waals surface area contributed by atoms with Gasteiger partial charge in [-0.05, 0) is 81.1 Å². The van der Waals surface area contributed by atoms with Crippen LogP contribution in [0.25, 0.3) is 22.0 Å². The minimum absolute atomic E-state index is 0.0643. The number of halogens is 1. The predicted octanol–water partition coefficient (Wildman–Crippen LogP) is 5.28. The fourth-order valence-corrected chi connectivity index (χ4v) is 5.61. The highest BCUT2D eigenvalue weighted by Gasteiger charge is 2.47. The molecule has 5 rings (SSSR count). The Morgan fingerprint density at radius 2 is 1.94 bits per heavy atom. The zero-order valence-electron chi connectivity index (χ0n) is 20.6. The highest BCUT2D eigenvalue weighted by atomic mass is 35.5. The first kappa shape index (κ1) is 23.9. The largest absolute Gasteiger partial charge is 0.503 e. The van der Waals surface area contributed by atoms with E-state index in [2.05, 4.69) is 30.0 Å². The molecular formula is C28H32ClN3O3. The van der Waals surface area contributed by atoms with Crippen molar-refractivity contribution >= 4 is 34.5 Å². The van der Waals surface area contributed by atoms with Gasteiger partial charge in [-0.15, -0.1) is 0 Å². The molecule has 1 N–H and O–H groups in total. The molecule has 2 fully saturated rings. The van der Waals surface area contributed by atoms with Crippen molar-refractivity contribution in [3.05, 3.63) is 47.1 Å². The van der Waals surface area contributed by atoms with Crippen LogP contribution < -0.4 is 9.64 Å². The van der Waals surface area contributed by atoms with E-state index in [9.17, 15) is 9.90 Å². The number of carbonyl (C=O) groups is 1. The number of fused-ring (bicyclic) bond motifs is 1. The summed E-state index contributed by atoms with van der Waals surface area (Å²) in [6.07, 6.45) is 7.04. The number of hydrogen-bond donors (Lipinski definition) is 1. The maximum Gasteiger partial charge on any atom is 0.176 e. The monoisotopic (exact) mass is 493 g/mol. The molecule has 0 bridgehead atoms. The number of piperidine rings is 1. The summed E-state index contributed by atoms with van der Waals surface area (Å²) < 4.78 is 5.32. The molecular weight excluding hydrogens is 462 g/mol. The number of aromatic nitrogens is 1. The van der Waals surface area contributed by atoms with Crippen LogP contribution in [0.15, 0.2) is 36.5 Å². The number of pyridine rings is 1. The van der Waals surface area contributed by atoms with Gasteiger partial charge in [-0.3, -0.25) is 4.98 Å². The van der Waals surface area contributed by atoms with Gasteiger partial charge in [-0.2, -0.15) is 0 Å². The van der Waals surface area contributed by atoms with Crippen LogP contribution in [0.3, 0.4) is 0 Å². The van der Waals surface area contributed by atoms with E-state index in [1.54, 1.807) is 12.1 Å². The summed E-state index contributed by atoms with van der Waals surface area (Å²) in [7, 11) is 5.78. The van der Waals surface area contributed by atoms with Crippen LogP contribution in [0.1, 0.15) is 31.2 Å². The van der Waals surface area contributed by atoms with E-state index < -0.39 is 5.41 Å². The zero-order chi connectivity index (χ0) is 24.7. The number of anilines is 1. The third kappa shape index (κ3) is 4.45. The summed E-state index contributed by atoms with van der Waals surface area (Å²) in [5.74, 6) is 0.951. The second-order valence-corrected chi connectivity index (χ2v) is 10.6. The Morgan fingerprint density at radius 3 is 2.57 bits per heavy atom. The Hall–Kier alpha value is -2.83. The van der Waals surface area contributed by atoms with Gasteiger partial charge in [0.1, 0.15) is 6.29 Å². The molecule has 0 radical (unpaired) electrons. The smallest absolute Gasteiger partial charge is 0.176 e. The summed E-state index contributed by atoms with van der Waals surface area (Å²) in [6, 6.07) is 9.70. The van der Waals surface area contributed by atoms with Crippen molar-refractivity contribution in [2.24, 2.45) is 5.92 Å². The summed E-state index contributed by atoms with van der Waals surface area (Å²) in [5, 5.41) is 11.5. The van der Waals surface area contributed by atoms with Crippen molar-refractivity contribution in [1.29, 1.82) is 0 Å². The predicted molar refractivity (Wildman–Crippen MR) is 141 cm³/mol. The van der Waals surface area contributed by atoms with Crippen LogP contribution in [0.5, 0.6) is 11.5 Å². The van der Waals surface area contributed by atoms with E-state index in [1.807, 2.05) is 18.3 Å². The number of phenolic OH excluding ortho intramolecular Hbond substituents is 1. The number of rotatable bonds is 7. The maximum absolute atomic E-state index is 12.2. The normalized spacial score (nSPS) is 17.7. The third-order valence-electron chi connectivity index (χ3n) is 7.53. The minimum Gasteiger partial charge on any atom is -0.503 e. The standard InChI is InChI=1S/C28H32ClN3O3/c1-31(2)16-18-6-10-32(11-7-18)26-21-12-19(20-13-23(29)27(34)25(14-20)35-3)4-5-24(21)30-15-22(26)28(17-33)8-9-28/h4-5,12-15,17-18,34H,6-11,16H2,1-3H3. The number of hydrogen-bond acceptors (Lipinski definition) is 6. The van der Waals surface area contributed by atoms with E-state index in [0.717, 1.165) is 84.9 Å². The lowest BCUT2D eigenvalue weighted by molar-refractivity contribution is -0.109. The average Bonchev–Trinajstić information content (AvgIpc) is 3.66. The van der Waals surface area contributed by atoms with Crippen molar-refractivity contribution < 1.29 is 14.6 Å². The van der Waals surface area contributed by atoms with Crippen molar-refractivity contribution in [2.45, 2.75) is 31.1 Å². The SMILES string of the molecule is COc1cc(-c2ccc3ncc(C4(C=O)CC4)c(N4CCC(CN(C)C)CC4)c3c2)cc(Cl)c1O. The summed E-state index contributed by atoms with van der Waals surface area (Å²) in [6.45, 7) is 3.02. The van der Waals surface area contributed by atoms with Gasteiger partial charge in [0, 0.05) is 36.8 Å². The lowest BCUT2D eigenvalue weighted by Gasteiger charge is -2.37. The quantitative estimate of drug-likeness (QED) is 0.452. The van der Waals surface area contributed by atoms with E-state index in [1.165, 1.54) is 7.11 Å². The molecule has 184 valence electrons. The van der Waals surface area contributed by atoms with Gasteiger partial charge in [0.2, 0.25) is 0 Å². The molecule has 2 aliphatic rings. The molecule has 1 aliphatic heterocycles. The molecule has 0 atom stereocenters. The van der Waals surface area contributed by atoms with E-state index in [-0.39, 0.29) is 10.8 Å². The average molecular weight is 494 g/mol. The number of methoxy groups -OCH3 is 1. The molecule has 7 heteroatoms. The summed E-state index contributed by atoms with van der Waals surface area (Å²) in [5.41, 5.74) is 4.48. The molecule has 1 aliphatic carbocycles. The van der Waals surface area contributed by atoms with Crippen LogP contribution in [0.4, 0.5) is 5.69 Å². The Labute approximate surface area is 211 Å². The van der Waals surface area contributed by atoms with Crippen molar-refractivity contribution in [3.8, 4) is 22.6 Å². The Bertz CT molecular complexity index is 1260. The van der Waals surface area contributed by atoms with Gasteiger partial charge in [-0.25, -0.2) is 0 Å². The minimum atomic E-state index is -0.419. The van der Waals surface area contributed by atoms with Gasteiger partial charge in [0.05, 0.1) is 28.8 Å². The molecule has 35 heavy (non-hydrogen) atoms. The lowest BCUT2D eigenvalue weighted by atomic mass is 9.90. The first-order valence-corrected chi connectivity index (χ1v) is 12.6. The molecule has 0 spiro atoms. The number of nitrogens with zero attached hydrogens (tertiary/aromatic N) is 3. The van der Waals surface area contributed by atoms with Crippen LogP contribution in [-0.4, -0.2) is 62.1 Å². The number of ether oxygens (including phenoxy) is 1. The Kier molecular flexibility index (Phi) is 6.36. The molecule has 1 aromatic heterocycles. The van der Waals surface area contributed by atoms with Gasteiger partial charge >= 0.3 is 0 Å². The van der Waals surface area contributed by atoms with Crippen LogP contribution in [0.2, 0.25) is 5.02 Å². The second kappa shape index (κ2) is 9.32. The van der Waals surface area contributed by atoms with E-state index in [0.29, 0.717) is 11.7 Å².